The van der Waals surface area contributed by atoms with Gasteiger partial charge < -0.3 is 29.3 Å². The number of rotatable bonds is 4. The van der Waals surface area contributed by atoms with Gasteiger partial charge in [0.15, 0.2) is 0 Å². The Kier molecular flexibility index (Phi) is 4.27. The fraction of sp³-hybridized carbons (Fsp3) is 0.471. The van der Waals surface area contributed by atoms with Crippen LogP contribution in [0.5, 0.6) is 0 Å². The van der Waals surface area contributed by atoms with Gasteiger partial charge in [0.1, 0.15) is 0 Å². The maximum absolute atomic E-state index is 13.0. The first kappa shape index (κ1) is 15.3. The summed E-state index contributed by atoms with van der Waals surface area (Å²) in [7, 11) is 0. The van der Waals surface area contributed by atoms with Gasteiger partial charge in [-0.15, -0.1) is 0 Å². The van der Waals surface area contributed by atoms with E-state index in [0.717, 1.165) is 63.7 Å². The molecule has 2 aliphatic heterocycles. The molecule has 4 rings (SSSR count). The van der Waals surface area contributed by atoms with Gasteiger partial charge in [-0.05, 0) is 0 Å². The maximum Gasteiger partial charge on any atom is 0.267 e. The fourth-order valence-electron chi connectivity index (χ4n) is 3.36. The molecule has 0 bridgehead atoms. The SMILES string of the molecule is O=C(c1occc1N1CCNCC1)c1occc1N1CCNCC1. The summed E-state index contributed by atoms with van der Waals surface area (Å²) in [5.74, 6) is 0.540. The molecule has 0 saturated carbocycles. The zero-order valence-corrected chi connectivity index (χ0v) is 13.6. The van der Waals surface area contributed by atoms with Crippen LogP contribution in [0.25, 0.3) is 0 Å². The molecule has 2 saturated heterocycles. The highest BCUT2D eigenvalue weighted by Gasteiger charge is 2.28. The molecule has 4 heterocycles. The van der Waals surface area contributed by atoms with E-state index in [0.29, 0.717) is 11.5 Å². The molecule has 0 amide bonds. The Labute approximate surface area is 140 Å². The molecule has 0 aromatic carbocycles. The summed E-state index contributed by atoms with van der Waals surface area (Å²) in [6, 6.07) is 3.73. The molecule has 0 unspecified atom stereocenters. The van der Waals surface area contributed by atoms with Crippen molar-refractivity contribution in [1.82, 2.24) is 10.6 Å². The molecule has 0 aliphatic carbocycles. The average Bonchev–Trinajstić information content (AvgIpc) is 3.32. The van der Waals surface area contributed by atoms with Crippen LogP contribution in [0.3, 0.4) is 0 Å². The second-order valence-corrected chi connectivity index (χ2v) is 6.07. The number of hydrogen-bond acceptors (Lipinski definition) is 7. The van der Waals surface area contributed by atoms with Gasteiger partial charge in [0.2, 0.25) is 11.5 Å². The lowest BCUT2D eigenvalue weighted by Gasteiger charge is -2.29. The van der Waals surface area contributed by atoms with Gasteiger partial charge >= 0.3 is 0 Å². The van der Waals surface area contributed by atoms with Crippen molar-refractivity contribution in [2.75, 3.05) is 62.2 Å². The van der Waals surface area contributed by atoms with Crippen molar-refractivity contribution in [3.05, 3.63) is 36.2 Å². The van der Waals surface area contributed by atoms with Gasteiger partial charge in [0, 0.05) is 64.5 Å². The van der Waals surface area contributed by atoms with Crippen LogP contribution in [0.1, 0.15) is 16.3 Å². The van der Waals surface area contributed by atoms with E-state index in [2.05, 4.69) is 20.4 Å². The van der Waals surface area contributed by atoms with Crippen LogP contribution in [0.2, 0.25) is 0 Å². The van der Waals surface area contributed by atoms with E-state index in [1.807, 2.05) is 12.1 Å². The van der Waals surface area contributed by atoms with Crippen LogP contribution >= 0.6 is 0 Å². The third kappa shape index (κ3) is 2.81. The Morgan fingerprint density at radius 3 is 1.62 bits per heavy atom. The highest BCUT2D eigenvalue weighted by molar-refractivity contribution is 6.11. The summed E-state index contributed by atoms with van der Waals surface area (Å²) in [4.78, 5) is 17.4. The molecule has 2 aromatic heterocycles. The molecule has 7 heteroatoms. The average molecular weight is 330 g/mol. The second kappa shape index (κ2) is 6.70. The summed E-state index contributed by atoms with van der Waals surface area (Å²) in [6.45, 7) is 7.09. The van der Waals surface area contributed by atoms with Crippen LogP contribution in [0.15, 0.2) is 33.5 Å². The van der Waals surface area contributed by atoms with Crippen molar-refractivity contribution in [2.24, 2.45) is 0 Å². The number of carbonyl (C=O) groups excluding carboxylic acids is 1. The van der Waals surface area contributed by atoms with Gasteiger partial charge in [-0.2, -0.15) is 0 Å². The molecule has 2 N–H and O–H groups in total. The van der Waals surface area contributed by atoms with E-state index in [1.54, 1.807) is 12.5 Å². The molecule has 0 atom stereocenters. The third-order valence-corrected chi connectivity index (χ3v) is 4.62. The van der Waals surface area contributed by atoms with Gasteiger partial charge in [-0.25, -0.2) is 0 Å². The molecule has 128 valence electrons. The van der Waals surface area contributed by atoms with Crippen LogP contribution in [0, 0.1) is 0 Å². The van der Waals surface area contributed by atoms with Crippen molar-refractivity contribution < 1.29 is 13.6 Å². The Morgan fingerprint density at radius 1 is 0.792 bits per heavy atom. The molecule has 2 aliphatic rings. The van der Waals surface area contributed by atoms with Crippen LogP contribution in [-0.2, 0) is 0 Å². The molecular formula is C17H22N4O3. The molecule has 7 nitrogen and oxygen atoms in total. The van der Waals surface area contributed by atoms with Crippen LogP contribution < -0.4 is 20.4 Å². The van der Waals surface area contributed by atoms with E-state index in [4.69, 9.17) is 8.83 Å². The number of anilines is 2. The smallest absolute Gasteiger partial charge is 0.267 e. The van der Waals surface area contributed by atoms with Crippen molar-refractivity contribution in [1.29, 1.82) is 0 Å². The minimum atomic E-state index is -0.188. The maximum atomic E-state index is 13.0. The number of carbonyl (C=O) groups is 1. The van der Waals surface area contributed by atoms with Crippen molar-refractivity contribution in [3.63, 3.8) is 0 Å². The fourth-order valence-corrected chi connectivity index (χ4v) is 3.36. The quantitative estimate of drug-likeness (QED) is 0.808. The monoisotopic (exact) mass is 330 g/mol. The number of ketones is 1. The van der Waals surface area contributed by atoms with Crippen LogP contribution in [0.4, 0.5) is 11.4 Å². The predicted octanol–water partition coefficient (Wildman–Crippen LogP) is 0.923. The van der Waals surface area contributed by atoms with E-state index in [9.17, 15) is 4.79 Å². The summed E-state index contributed by atoms with van der Waals surface area (Å²) in [6.07, 6.45) is 3.16. The van der Waals surface area contributed by atoms with Crippen LogP contribution in [-0.4, -0.2) is 58.1 Å². The van der Waals surface area contributed by atoms with Gasteiger partial charge in [-0.1, -0.05) is 0 Å². The minimum Gasteiger partial charge on any atom is -0.458 e. The Morgan fingerprint density at radius 2 is 1.21 bits per heavy atom. The highest BCUT2D eigenvalue weighted by Crippen LogP contribution is 2.30. The Balaban J connectivity index is 1.61. The summed E-state index contributed by atoms with van der Waals surface area (Å²) in [5.41, 5.74) is 1.70. The normalized spacial score (nSPS) is 18.8. The first-order valence-electron chi connectivity index (χ1n) is 8.45. The summed E-state index contributed by atoms with van der Waals surface area (Å²) < 4.78 is 11.1. The largest absolute Gasteiger partial charge is 0.458 e. The van der Waals surface area contributed by atoms with Gasteiger partial charge in [0.25, 0.3) is 5.78 Å². The van der Waals surface area contributed by atoms with Gasteiger partial charge in [-0.3, -0.25) is 4.79 Å². The number of piperazine rings is 2. The predicted molar refractivity (Wildman–Crippen MR) is 91.0 cm³/mol. The first-order chi connectivity index (χ1) is 11.8. The molecule has 0 spiro atoms. The van der Waals surface area contributed by atoms with Crippen molar-refractivity contribution in [2.45, 2.75) is 0 Å². The lowest BCUT2D eigenvalue weighted by atomic mass is 10.1. The lowest BCUT2D eigenvalue weighted by Crippen LogP contribution is -2.44. The lowest BCUT2D eigenvalue weighted by molar-refractivity contribution is 0.0984. The molecular weight excluding hydrogens is 308 g/mol. The number of hydrogen-bond donors (Lipinski definition) is 2. The second-order valence-electron chi connectivity index (χ2n) is 6.07. The van der Waals surface area contributed by atoms with E-state index in [-0.39, 0.29) is 5.78 Å². The number of nitrogens with one attached hydrogen (secondary N) is 2. The number of furan rings is 2. The van der Waals surface area contributed by atoms with E-state index >= 15 is 0 Å². The molecule has 24 heavy (non-hydrogen) atoms. The van der Waals surface area contributed by atoms with Crippen molar-refractivity contribution >= 4 is 17.2 Å². The Bertz CT molecular complexity index is 638. The topological polar surface area (TPSA) is 73.9 Å². The minimum absolute atomic E-state index is 0.188. The van der Waals surface area contributed by atoms with Crippen molar-refractivity contribution in [3.8, 4) is 0 Å². The summed E-state index contributed by atoms with van der Waals surface area (Å²) in [5, 5.41) is 6.63. The molecule has 0 radical (unpaired) electrons. The Hall–Kier alpha value is -2.25. The zero-order chi connectivity index (χ0) is 16.4. The van der Waals surface area contributed by atoms with Gasteiger partial charge in [0.05, 0.1) is 23.9 Å². The molecule has 2 aromatic rings. The zero-order valence-electron chi connectivity index (χ0n) is 13.6. The summed E-state index contributed by atoms with van der Waals surface area (Å²) >= 11 is 0. The standard InChI is InChI=1S/C17H22N4O3/c22-15(16-13(1-11-23-16)20-7-3-18-4-8-20)17-14(2-12-24-17)21-9-5-19-6-10-21/h1-2,11-12,18-19H,3-10H2. The van der Waals surface area contributed by atoms with E-state index in [1.165, 1.54) is 0 Å². The number of nitrogens with zero attached hydrogens (tertiary/aromatic N) is 2. The van der Waals surface area contributed by atoms with E-state index < -0.39 is 0 Å². The first-order valence-corrected chi connectivity index (χ1v) is 8.45. The molecule has 2 fully saturated rings. The highest BCUT2D eigenvalue weighted by atomic mass is 16.4. The third-order valence-electron chi connectivity index (χ3n) is 4.62.